The number of hydrogen-bond donors (Lipinski definition) is 0. The SMILES string of the molecule is [F-].[F-].[F-].[F-].[F-].[F-].[F-].[K+].[K+].[K+].[Ni+2].[Ni+2]. The van der Waals surface area contributed by atoms with Gasteiger partial charge >= 0.3 is 187 Å². The molecule has 12 heteroatoms. The van der Waals surface area contributed by atoms with Gasteiger partial charge in [-0.15, -0.1) is 0 Å². The van der Waals surface area contributed by atoms with E-state index in [-0.39, 0.29) is 220 Å². The minimum atomic E-state index is 0. The second kappa shape index (κ2) is 133. The molecule has 0 radical (unpaired) electrons. The molecule has 0 bridgehead atoms. The van der Waals surface area contributed by atoms with E-state index < -0.39 is 0 Å². The molecule has 0 atom stereocenters. The molecule has 0 aromatic heterocycles. The van der Waals surface area contributed by atoms with Crippen LogP contribution in [0, 0.1) is 0 Å². The molecule has 0 saturated heterocycles. The van der Waals surface area contributed by atoms with Crippen LogP contribution in [0.1, 0.15) is 0 Å². The average Bonchev–Trinajstić information content (AvgIpc) is 0. The fraction of sp³-hybridized carbons (Fsp3) is 0. The van der Waals surface area contributed by atoms with Gasteiger partial charge < -0.3 is 32.9 Å². The van der Waals surface area contributed by atoms with Crippen LogP contribution in [-0.4, -0.2) is 0 Å². The molecule has 0 unspecified atom stereocenters. The van der Waals surface area contributed by atoms with Gasteiger partial charge in [0.25, 0.3) is 0 Å². The van der Waals surface area contributed by atoms with Crippen LogP contribution in [-0.2, 0) is 33.0 Å². The molecule has 0 amide bonds. The van der Waals surface area contributed by atoms with Gasteiger partial charge in [-0.2, -0.15) is 0 Å². The van der Waals surface area contributed by atoms with Gasteiger partial charge in [0.05, 0.1) is 0 Å². The molecule has 0 aromatic rings. The van der Waals surface area contributed by atoms with Crippen molar-refractivity contribution in [3.63, 3.8) is 0 Å². The van der Waals surface area contributed by atoms with Gasteiger partial charge in [0.15, 0.2) is 0 Å². The number of rotatable bonds is 0. The van der Waals surface area contributed by atoms with Crippen molar-refractivity contribution in [3.05, 3.63) is 0 Å². The summed E-state index contributed by atoms with van der Waals surface area (Å²) in [7, 11) is 0. The van der Waals surface area contributed by atoms with Crippen LogP contribution < -0.4 is 187 Å². The summed E-state index contributed by atoms with van der Waals surface area (Å²) < 4.78 is 0. The van der Waals surface area contributed by atoms with E-state index >= 15 is 0 Å². The summed E-state index contributed by atoms with van der Waals surface area (Å²) in [4.78, 5) is 0. The van der Waals surface area contributed by atoms with Crippen molar-refractivity contribution < 1.29 is 220 Å². The third-order valence-corrected chi connectivity index (χ3v) is 0. The van der Waals surface area contributed by atoms with Crippen molar-refractivity contribution in [1.82, 2.24) is 0 Å². The quantitative estimate of drug-likeness (QED) is 0.295. The first kappa shape index (κ1) is 160. The molecule has 12 heavy (non-hydrogen) atoms. The fourth-order valence-electron chi connectivity index (χ4n) is 0. The molecule has 0 N–H and O–H groups in total. The number of hydrogen-bond acceptors (Lipinski definition) is 0. The van der Waals surface area contributed by atoms with Crippen molar-refractivity contribution in [2.45, 2.75) is 0 Å². The van der Waals surface area contributed by atoms with Crippen LogP contribution in [0.4, 0.5) is 0 Å². The summed E-state index contributed by atoms with van der Waals surface area (Å²) in [6, 6.07) is 0. The summed E-state index contributed by atoms with van der Waals surface area (Å²) >= 11 is 0. The van der Waals surface area contributed by atoms with Crippen molar-refractivity contribution >= 4 is 0 Å². The number of halogens is 7. The molecule has 0 aromatic carbocycles. The maximum absolute atomic E-state index is 0. The average molecular weight is 368 g/mol. The van der Waals surface area contributed by atoms with Crippen LogP contribution >= 0.6 is 0 Å². The first-order chi connectivity index (χ1) is 0. The molecule has 0 heterocycles. The summed E-state index contributed by atoms with van der Waals surface area (Å²) in [6.45, 7) is 0. The predicted molar refractivity (Wildman–Crippen MR) is 0 cm³/mol. The Morgan fingerprint density at radius 2 is 0.250 bits per heavy atom. The van der Waals surface area contributed by atoms with Crippen LogP contribution in [0.5, 0.6) is 0 Å². The van der Waals surface area contributed by atoms with Gasteiger partial charge in [-0.25, -0.2) is 0 Å². The largest absolute Gasteiger partial charge is 2.00 e. The van der Waals surface area contributed by atoms with E-state index in [2.05, 4.69) is 0 Å². The van der Waals surface area contributed by atoms with E-state index in [0.717, 1.165) is 0 Å². The first-order valence-corrected chi connectivity index (χ1v) is 0. The van der Waals surface area contributed by atoms with E-state index in [1.54, 1.807) is 0 Å². The smallest absolute Gasteiger partial charge is 1.00 e. The van der Waals surface area contributed by atoms with Crippen molar-refractivity contribution in [2.24, 2.45) is 0 Å². The molecular formula is F7K3Ni2. The normalized spacial score (nSPS) is 0. The van der Waals surface area contributed by atoms with Gasteiger partial charge in [-0.05, 0) is 0 Å². The van der Waals surface area contributed by atoms with Gasteiger partial charge in [0.1, 0.15) is 0 Å². The Bertz CT molecular complexity index is 16.6. The Morgan fingerprint density at radius 1 is 0.250 bits per heavy atom. The zero-order valence-corrected chi connectivity index (χ0v) is 17.6. The van der Waals surface area contributed by atoms with E-state index in [1.807, 2.05) is 0 Å². The summed E-state index contributed by atoms with van der Waals surface area (Å²) in [5, 5.41) is 0. The molecule has 0 spiro atoms. The zero-order chi connectivity index (χ0) is 0. The zero-order valence-electron chi connectivity index (χ0n) is 6.28. The van der Waals surface area contributed by atoms with Crippen LogP contribution in [0.15, 0.2) is 0 Å². The van der Waals surface area contributed by atoms with Crippen LogP contribution in [0.25, 0.3) is 0 Å². The second-order valence-corrected chi connectivity index (χ2v) is 0. The molecule has 0 saturated carbocycles. The molecule has 0 aliphatic heterocycles. The van der Waals surface area contributed by atoms with E-state index in [9.17, 15) is 0 Å². The monoisotopic (exact) mass is 366 g/mol. The minimum Gasteiger partial charge on any atom is -1.00 e. The first-order valence-electron chi connectivity index (χ1n) is 0. The van der Waals surface area contributed by atoms with Gasteiger partial charge in [0.2, 0.25) is 0 Å². The Hall–Kier alpha value is 5.41. The molecule has 0 nitrogen and oxygen atoms in total. The Balaban J connectivity index is 0. The van der Waals surface area contributed by atoms with Crippen LogP contribution in [0.3, 0.4) is 0 Å². The topological polar surface area (TPSA) is 0 Å². The minimum absolute atomic E-state index is 0. The molecule has 0 aliphatic carbocycles. The molecule has 0 rings (SSSR count). The third-order valence-electron chi connectivity index (χ3n) is 0. The Labute approximate surface area is 213 Å². The van der Waals surface area contributed by atoms with Gasteiger partial charge in [0, 0.05) is 0 Å². The van der Waals surface area contributed by atoms with E-state index in [0.29, 0.717) is 0 Å². The standard InChI is InChI=1S/7FH.3K.2Ni/h7*1H;;;;;/q;;;;;;;3*+1;2*+2/p-7. The molecule has 0 fully saturated rings. The maximum atomic E-state index is 0. The Morgan fingerprint density at radius 3 is 0.250 bits per heavy atom. The van der Waals surface area contributed by atoms with Crippen molar-refractivity contribution in [3.8, 4) is 0 Å². The summed E-state index contributed by atoms with van der Waals surface area (Å²) in [5.41, 5.74) is 0. The van der Waals surface area contributed by atoms with E-state index in [4.69, 9.17) is 0 Å². The second-order valence-electron chi connectivity index (χ2n) is 0. The Kier molecular flexibility index (Phi) is 1780. The maximum Gasteiger partial charge on any atom is 2.00 e. The summed E-state index contributed by atoms with van der Waals surface area (Å²) in [5.74, 6) is 0. The fourth-order valence-corrected chi connectivity index (χ4v) is 0. The van der Waals surface area contributed by atoms with Gasteiger partial charge in [-0.1, -0.05) is 0 Å². The van der Waals surface area contributed by atoms with E-state index in [1.165, 1.54) is 0 Å². The van der Waals surface area contributed by atoms with Gasteiger partial charge in [-0.3, -0.25) is 0 Å². The molecular weight excluding hydrogens is 368 g/mol. The van der Waals surface area contributed by atoms with Crippen molar-refractivity contribution in [2.75, 3.05) is 0 Å². The van der Waals surface area contributed by atoms with Crippen molar-refractivity contribution in [1.29, 1.82) is 0 Å². The third kappa shape index (κ3) is 109. The summed E-state index contributed by atoms with van der Waals surface area (Å²) in [6.07, 6.45) is 0. The molecule has 0 aliphatic rings. The van der Waals surface area contributed by atoms with Crippen LogP contribution in [0.2, 0.25) is 0 Å². The molecule has 72 valence electrons. The predicted octanol–water partition coefficient (Wildman–Crippen LogP) is -30.0.